The van der Waals surface area contributed by atoms with Gasteiger partial charge in [0.15, 0.2) is 11.5 Å². The van der Waals surface area contributed by atoms with Gasteiger partial charge in [-0.1, -0.05) is 0 Å². The van der Waals surface area contributed by atoms with Crippen LogP contribution in [0.5, 0.6) is 11.5 Å². The number of carbonyl (C=O) groups is 1. The average Bonchev–Trinajstić information content (AvgIpc) is 2.48. The minimum absolute atomic E-state index is 0. The van der Waals surface area contributed by atoms with E-state index in [9.17, 15) is 9.90 Å². The number of rotatable bonds is 4. The highest BCUT2D eigenvalue weighted by Gasteiger charge is 2.03. The summed E-state index contributed by atoms with van der Waals surface area (Å²) in [6.07, 6.45) is 4.46. The molecule has 2 aromatic rings. The molecule has 4 N–H and O–H groups in total. The maximum atomic E-state index is 11.7. The Morgan fingerprint density at radius 1 is 1.43 bits per heavy atom. The molecule has 0 saturated heterocycles. The van der Waals surface area contributed by atoms with Gasteiger partial charge in [-0.15, -0.1) is 0 Å². The van der Waals surface area contributed by atoms with Crippen molar-refractivity contribution in [3.63, 3.8) is 0 Å². The van der Waals surface area contributed by atoms with Crippen molar-refractivity contribution < 1.29 is 20.1 Å². The fourth-order valence-electron chi connectivity index (χ4n) is 1.51. The molecule has 0 aliphatic rings. The Morgan fingerprint density at radius 2 is 2.24 bits per heavy atom. The van der Waals surface area contributed by atoms with Crippen molar-refractivity contribution in [3.8, 4) is 11.5 Å². The van der Waals surface area contributed by atoms with Gasteiger partial charge >= 0.3 is 0 Å². The van der Waals surface area contributed by atoms with Crippen molar-refractivity contribution in [2.24, 2.45) is 5.10 Å². The smallest absolute Gasteiger partial charge is 0.272 e. The van der Waals surface area contributed by atoms with Crippen LogP contribution in [0.3, 0.4) is 0 Å². The number of aromatic hydroxyl groups is 1. The summed E-state index contributed by atoms with van der Waals surface area (Å²) in [6.45, 7) is 0. The highest BCUT2D eigenvalue weighted by atomic mass is 16.5. The molecule has 0 atom stereocenters. The molecule has 1 aromatic carbocycles. The Balaban J connectivity index is 0.00000220. The predicted molar refractivity (Wildman–Crippen MR) is 77.6 cm³/mol. The van der Waals surface area contributed by atoms with Crippen molar-refractivity contribution in [1.29, 1.82) is 0 Å². The first-order valence-electron chi connectivity index (χ1n) is 5.81. The van der Waals surface area contributed by atoms with E-state index >= 15 is 0 Å². The van der Waals surface area contributed by atoms with Gasteiger partial charge < -0.3 is 15.3 Å². The molecule has 7 heteroatoms. The summed E-state index contributed by atoms with van der Waals surface area (Å²) in [5.41, 5.74) is 3.43. The second-order valence-electron chi connectivity index (χ2n) is 3.87. The molecule has 110 valence electrons. The number of nitrogens with one attached hydrogen (secondary N) is 1. The molecule has 0 aliphatic carbocycles. The summed E-state index contributed by atoms with van der Waals surface area (Å²) in [5.74, 6) is 0.0312. The van der Waals surface area contributed by atoms with Crippen LogP contribution < -0.4 is 10.2 Å². The van der Waals surface area contributed by atoms with Crippen molar-refractivity contribution in [3.05, 3.63) is 53.9 Å². The zero-order chi connectivity index (χ0) is 14.4. The lowest BCUT2D eigenvalue weighted by atomic mass is 10.2. The van der Waals surface area contributed by atoms with E-state index in [1.165, 1.54) is 25.6 Å². The summed E-state index contributed by atoms with van der Waals surface area (Å²) in [6, 6.07) is 8.10. The van der Waals surface area contributed by atoms with E-state index in [4.69, 9.17) is 4.74 Å². The van der Waals surface area contributed by atoms with Crippen molar-refractivity contribution >= 4 is 12.1 Å². The number of phenols is 1. The van der Waals surface area contributed by atoms with E-state index in [1.807, 2.05) is 0 Å². The molecule has 0 fully saturated rings. The molecule has 0 spiro atoms. The van der Waals surface area contributed by atoms with Gasteiger partial charge in [0.1, 0.15) is 0 Å². The highest BCUT2D eigenvalue weighted by Crippen LogP contribution is 2.25. The zero-order valence-corrected chi connectivity index (χ0v) is 11.3. The minimum atomic E-state index is -0.355. The highest BCUT2D eigenvalue weighted by molar-refractivity contribution is 5.94. The molecule has 2 rings (SSSR count). The lowest BCUT2D eigenvalue weighted by Crippen LogP contribution is -2.17. The van der Waals surface area contributed by atoms with Crippen LogP contribution in [0, 0.1) is 0 Å². The Labute approximate surface area is 121 Å². The van der Waals surface area contributed by atoms with Gasteiger partial charge in [-0.25, -0.2) is 5.43 Å². The van der Waals surface area contributed by atoms with Gasteiger partial charge in [0, 0.05) is 12.4 Å². The molecule has 1 aromatic heterocycles. The van der Waals surface area contributed by atoms with Gasteiger partial charge in [0.2, 0.25) is 0 Å². The lowest BCUT2D eigenvalue weighted by molar-refractivity contribution is 0.0955. The Hall–Kier alpha value is -2.93. The molecule has 0 bridgehead atoms. The fourth-order valence-corrected chi connectivity index (χ4v) is 1.51. The molecule has 0 radical (unpaired) electrons. The number of hydrogen-bond acceptors (Lipinski definition) is 5. The lowest BCUT2D eigenvalue weighted by Gasteiger charge is -2.03. The summed E-state index contributed by atoms with van der Waals surface area (Å²) in [4.78, 5) is 15.5. The molecule has 0 aliphatic heterocycles. The first-order chi connectivity index (χ1) is 9.70. The van der Waals surface area contributed by atoms with Gasteiger partial charge in [-0.3, -0.25) is 9.78 Å². The van der Waals surface area contributed by atoms with Crippen LogP contribution >= 0.6 is 0 Å². The fraction of sp³-hybridized carbons (Fsp3) is 0.0714. The number of amides is 1. The van der Waals surface area contributed by atoms with Crippen LogP contribution in [-0.4, -0.2) is 34.8 Å². The maximum Gasteiger partial charge on any atom is 0.272 e. The van der Waals surface area contributed by atoms with Gasteiger partial charge in [0.05, 0.1) is 18.9 Å². The first kappa shape index (κ1) is 16.1. The van der Waals surface area contributed by atoms with Crippen LogP contribution in [0.4, 0.5) is 0 Å². The van der Waals surface area contributed by atoms with Crippen LogP contribution in [0.2, 0.25) is 0 Å². The number of methoxy groups -OCH3 is 1. The van der Waals surface area contributed by atoms with Crippen molar-refractivity contribution in [2.75, 3.05) is 7.11 Å². The molecular formula is C14H15N3O4. The van der Waals surface area contributed by atoms with E-state index in [1.54, 1.807) is 30.5 Å². The number of hydrogen-bond donors (Lipinski definition) is 2. The predicted octanol–water partition coefficient (Wildman–Crippen LogP) is 0.735. The Morgan fingerprint density at radius 3 is 2.86 bits per heavy atom. The number of benzene rings is 1. The van der Waals surface area contributed by atoms with Crippen LogP contribution in [0.1, 0.15) is 15.9 Å². The summed E-state index contributed by atoms with van der Waals surface area (Å²) >= 11 is 0. The SMILES string of the molecule is COc1ccc(/C=N/NC(=O)c2cccnc2)cc1O.O. The van der Waals surface area contributed by atoms with E-state index in [0.29, 0.717) is 16.9 Å². The van der Waals surface area contributed by atoms with E-state index in [-0.39, 0.29) is 17.1 Å². The number of nitrogens with zero attached hydrogens (tertiary/aromatic N) is 2. The van der Waals surface area contributed by atoms with E-state index in [0.717, 1.165) is 0 Å². The third-order valence-corrected chi connectivity index (χ3v) is 2.51. The number of carbonyl (C=O) groups excluding carboxylic acids is 1. The monoisotopic (exact) mass is 289 g/mol. The quantitative estimate of drug-likeness (QED) is 0.637. The first-order valence-corrected chi connectivity index (χ1v) is 5.81. The van der Waals surface area contributed by atoms with Crippen LogP contribution in [0.15, 0.2) is 47.8 Å². The molecule has 1 amide bonds. The summed E-state index contributed by atoms with van der Waals surface area (Å²) in [7, 11) is 1.47. The number of ether oxygens (including phenoxy) is 1. The van der Waals surface area contributed by atoms with Crippen molar-refractivity contribution in [1.82, 2.24) is 10.4 Å². The Bertz CT molecular complexity index is 629. The number of phenolic OH excluding ortho intramolecular Hbond substituents is 1. The summed E-state index contributed by atoms with van der Waals surface area (Å²) in [5, 5.41) is 13.4. The summed E-state index contributed by atoms with van der Waals surface area (Å²) < 4.78 is 4.93. The topological polar surface area (TPSA) is 115 Å². The molecule has 0 saturated carbocycles. The standard InChI is InChI=1S/C14H13N3O3.H2O/c1-20-13-5-4-10(7-12(13)18)8-16-17-14(19)11-3-2-6-15-9-11;/h2-9,18H,1H3,(H,17,19);1H2/b16-8+;. The number of pyridine rings is 1. The van der Waals surface area contributed by atoms with E-state index < -0.39 is 0 Å². The molecule has 21 heavy (non-hydrogen) atoms. The van der Waals surface area contributed by atoms with Crippen LogP contribution in [-0.2, 0) is 0 Å². The van der Waals surface area contributed by atoms with Gasteiger partial charge in [-0.2, -0.15) is 5.10 Å². The third-order valence-electron chi connectivity index (χ3n) is 2.51. The zero-order valence-electron chi connectivity index (χ0n) is 11.3. The third kappa shape index (κ3) is 4.29. The molecular weight excluding hydrogens is 274 g/mol. The number of hydrazone groups is 1. The molecule has 1 heterocycles. The van der Waals surface area contributed by atoms with E-state index in [2.05, 4.69) is 15.5 Å². The second kappa shape index (κ2) is 7.61. The number of aromatic nitrogens is 1. The second-order valence-corrected chi connectivity index (χ2v) is 3.87. The maximum absolute atomic E-state index is 11.7. The minimum Gasteiger partial charge on any atom is -0.504 e. The molecule has 7 nitrogen and oxygen atoms in total. The normalized spacial score (nSPS) is 9.95. The Kier molecular flexibility index (Phi) is 5.84. The average molecular weight is 289 g/mol. The van der Waals surface area contributed by atoms with Crippen LogP contribution in [0.25, 0.3) is 0 Å². The largest absolute Gasteiger partial charge is 0.504 e. The molecule has 0 unspecified atom stereocenters. The van der Waals surface area contributed by atoms with Crippen molar-refractivity contribution in [2.45, 2.75) is 0 Å². The van der Waals surface area contributed by atoms with Gasteiger partial charge in [-0.05, 0) is 35.9 Å². The van der Waals surface area contributed by atoms with Gasteiger partial charge in [0.25, 0.3) is 5.91 Å².